The molecule has 0 amide bonds. The highest BCUT2D eigenvalue weighted by Gasteiger charge is 1.93. The van der Waals surface area contributed by atoms with Gasteiger partial charge in [-0.25, -0.2) is 0 Å². The van der Waals surface area contributed by atoms with Crippen molar-refractivity contribution in [2.24, 2.45) is 5.73 Å². The summed E-state index contributed by atoms with van der Waals surface area (Å²) in [6.45, 7) is 2.02. The Balaban J connectivity index is 3.98. The number of thiocarbonyl (C=S) groups is 1. The highest BCUT2D eigenvalue weighted by Crippen LogP contribution is 1.97. The van der Waals surface area contributed by atoms with Gasteiger partial charge in [-0.1, -0.05) is 19.1 Å². The van der Waals surface area contributed by atoms with Crippen molar-refractivity contribution in [2.45, 2.75) is 13.3 Å². The van der Waals surface area contributed by atoms with Crippen LogP contribution in [0.2, 0.25) is 0 Å². The number of hydrogen-bond acceptors (Lipinski definition) is 2. The Kier molecular flexibility index (Phi) is 4.05. The zero-order chi connectivity index (χ0) is 7.28. The highest BCUT2D eigenvalue weighted by molar-refractivity contribution is 7.80. The molecule has 0 saturated heterocycles. The van der Waals surface area contributed by atoms with Gasteiger partial charge in [0.1, 0.15) is 4.99 Å². The predicted octanol–water partition coefficient (Wildman–Crippen LogP) is 0.786. The van der Waals surface area contributed by atoms with E-state index in [9.17, 15) is 0 Å². The smallest absolute Gasteiger partial charge is 0.101 e. The molecule has 2 nitrogen and oxygen atoms in total. The summed E-state index contributed by atoms with van der Waals surface area (Å²) >= 11 is 4.75. The Hall–Kier alpha value is -0.570. The van der Waals surface area contributed by atoms with Crippen LogP contribution in [-0.4, -0.2) is 12.0 Å². The van der Waals surface area contributed by atoms with Crippen molar-refractivity contribution >= 4 is 17.2 Å². The van der Waals surface area contributed by atoms with E-state index in [0.29, 0.717) is 4.99 Å². The van der Waals surface area contributed by atoms with Gasteiger partial charge in [0.25, 0.3) is 0 Å². The maximum Gasteiger partial charge on any atom is 0.101 e. The summed E-state index contributed by atoms with van der Waals surface area (Å²) in [4.78, 5) is 0.479. The molecule has 0 radical (unpaired) electrons. The average Bonchev–Trinajstić information content (AvgIpc) is 1.82. The second-order valence-corrected chi connectivity index (χ2v) is 2.12. The summed E-state index contributed by atoms with van der Waals surface area (Å²) in [5.74, 6) is 0. The molecule has 0 aliphatic heterocycles. The number of hydrogen-bond donors (Lipinski definition) is 2. The fourth-order valence-electron chi connectivity index (χ4n) is 0.522. The number of nitrogens with two attached hydrogens (primary N) is 1. The maximum absolute atomic E-state index is 5.36. The summed E-state index contributed by atoms with van der Waals surface area (Å²) in [6, 6.07) is 0. The normalized spacial score (nSPS) is 11.1. The first-order chi connectivity index (χ1) is 4.22. The standard InChI is InChI=1S/C6H12N2S/c1-3-5(4-8-2)6(7)9/h4,8H,3H2,1-2H3,(H2,7,9). The van der Waals surface area contributed by atoms with Crippen LogP contribution in [0, 0.1) is 0 Å². The molecule has 0 saturated carbocycles. The first-order valence-corrected chi connectivity index (χ1v) is 3.29. The molecule has 3 heteroatoms. The Bertz CT molecular complexity index is 129. The van der Waals surface area contributed by atoms with Crippen LogP contribution in [0.25, 0.3) is 0 Å². The molecule has 0 spiro atoms. The minimum atomic E-state index is 0.479. The van der Waals surface area contributed by atoms with Crippen molar-refractivity contribution in [2.75, 3.05) is 7.05 Å². The quantitative estimate of drug-likeness (QED) is 0.454. The van der Waals surface area contributed by atoms with E-state index in [4.69, 9.17) is 18.0 Å². The van der Waals surface area contributed by atoms with E-state index in [1.54, 1.807) is 0 Å². The van der Waals surface area contributed by atoms with Crippen LogP contribution in [0.15, 0.2) is 11.8 Å². The van der Waals surface area contributed by atoms with Crippen LogP contribution in [0.1, 0.15) is 13.3 Å². The van der Waals surface area contributed by atoms with Gasteiger partial charge in [-0.05, 0) is 6.42 Å². The number of nitrogens with one attached hydrogen (secondary N) is 1. The summed E-state index contributed by atoms with van der Waals surface area (Å²) in [7, 11) is 1.83. The Morgan fingerprint density at radius 1 is 1.78 bits per heavy atom. The molecule has 0 aromatic heterocycles. The van der Waals surface area contributed by atoms with Crippen LogP contribution >= 0.6 is 12.2 Å². The molecule has 0 fully saturated rings. The molecule has 0 bridgehead atoms. The molecular formula is C6H12N2S. The molecule has 0 rings (SSSR count). The van der Waals surface area contributed by atoms with Crippen molar-refractivity contribution in [1.82, 2.24) is 5.32 Å². The number of rotatable bonds is 3. The minimum absolute atomic E-state index is 0.479. The molecular weight excluding hydrogens is 132 g/mol. The SMILES string of the molecule is CCC(=CNC)C(N)=S. The van der Waals surface area contributed by atoms with E-state index in [-0.39, 0.29) is 0 Å². The van der Waals surface area contributed by atoms with Gasteiger partial charge in [0.2, 0.25) is 0 Å². The van der Waals surface area contributed by atoms with Crippen LogP contribution in [0.5, 0.6) is 0 Å². The van der Waals surface area contributed by atoms with E-state index in [1.165, 1.54) is 0 Å². The van der Waals surface area contributed by atoms with Crippen molar-refractivity contribution in [3.05, 3.63) is 11.8 Å². The van der Waals surface area contributed by atoms with Crippen molar-refractivity contribution in [3.8, 4) is 0 Å². The van der Waals surface area contributed by atoms with Gasteiger partial charge in [-0.15, -0.1) is 0 Å². The lowest BCUT2D eigenvalue weighted by Crippen LogP contribution is -2.13. The molecule has 0 heterocycles. The van der Waals surface area contributed by atoms with Gasteiger partial charge in [0.15, 0.2) is 0 Å². The second kappa shape index (κ2) is 4.32. The van der Waals surface area contributed by atoms with Crippen LogP contribution in [-0.2, 0) is 0 Å². The van der Waals surface area contributed by atoms with Gasteiger partial charge in [-0.3, -0.25) is 0 Å². The first-order valence-electron chi connectivity index (χ1n) is 2.88. The first kappa shape index (κ1) is 8.43. The van der Waals surface area contributed by atoms with Crippen LogP contribution in [0.4, 0.5) is 0 Å². The zero-order valence-electron chi connectivity index (χ0n) is 5.77. The topological polar surface area (TPSA) is 38.0 Å². The van der Waals surface area contributed by atoms with Gasteiger partial charge in [-0.2, -0.15) is 0 Å². The molecule has 0 aliphatic carbocycles. The lowest BCUT2D eigenvalue weighted by Gasteiger charge is -1.99. The van der Waals surface area contributed by atoms with Crippen molar-refractivity contribution in [1.29, 1.82) is 0 Å². The molecule has 52 valence electrons. The predicted molar refractivity (Wildman–Crippen MR) is 44.2 cm³/mol. The third-order valence-electron chi connectivity index (χ3n) is 1.02. The van der Waals surface area contributed by atoms with Gasteiger partial charge in [0, 0.05) is 18.8 Å². The van der Waals surface area contributed by atoms with Gasteiger partial charge in [0.05, 0.1) is 0 Å². The van der Waals surface area contributed by atoms with Crippen LogP contribution in [0.3, 0.4) is 0 Å². The van der Waals surface area contributed by atoms with Crippen molar-refractivity contribution < 1.29 is 0 Å². The Morgan fingerprint density at radius 2 is 2.33 bits per heavy atom. The van der Waals surface area contributed by atoms with E-state index in [1.807, 2.05) is 20.2 Å². The van der Waals surface area contributed by atoms with E-state index in [0.717, 1.165) is 12.0 Å². The van der Waals surface area contributed by atoms with Gasteiger partial charge < -0.3 is 11.1 Å². The average molecular weight is 144 g/mol. The third-order valence-corrected chi connectivity index (χ3v) is 1.28. The summed E-state index contributed by atoms with van der Waals surface area (Å²) < 4.78 is 0. The molecule has 0 atom stereocenters. The molecule has 0 unspecified atom stereocenters. The zero-order valence-corrected chi connectivity index (χ0v) is 6.59. The highest BCUT2D eigenvalue weighted by atomic mass is 32.1. The van der Waals surface area contributed by atoms with Crippen molar-refractivity contribution in [3.63, 3.8) is 0 Å². The molecule has 3 N–H and O–H groups in total. The molecule has 0 aromatic rings. The fourth-order valence-corrected chi connectivity index (χ4v) is 0.725. The Labute approximate surface area is 61.1 Å². The fraction of sp³-hybridized carbons (Fsp3) is 0.500. The summed E-state index contributed by atoms with van der Waals surface area (Å²) in [5, 5.41) is 2.87. The summed E-state index contributed by atoms with van der Waals surface area (Å²) in [5.41, 5.74) is 6.35. The minimum Gasteiger partial charge on any atom is -0.394 e. The van der Waals surface area contributed by atoms with E-state index in [2.05, 4.69) is 5.32 Å². The summed E-state index contributed by atoms with van der Waals surface area (Å²) in [6.07, 6.45) is 2.71. The lowest BCUT2D eigenvalue weighted by atomic mass is 10.2. The molecule has 0 aliphatic rings. The van der Waals surface area contributed by atoms with E-state index >= 15 is 0 Å². The monoisotopic (exact) mass is 144 g/mol. The van der Waals surface area contributed by atoms with E-state index < -0.39 is 0 Å². The lowest BCUT2D eigenvalue weighted by molar-refractivity contribution is 1.05. The third kappa shape index (κ3) is 3.08. The Morgan fingerprint density at radius 3 is 2.44 bits per heavy atom. The molecule has 9 heavy (non-hydrogen) atoms. The van der Waals surface area contributed by atoms with Gasteiger partial charge >= 0.3 is 0 Å². The van der Waals surface area contributed by atoms with Crippen LogP contribution < -0.4 is 11.1 Å². The maximum atomic E-state index is 5.36. The largest absolute Gasteiger partial charge is 0.394 e. The molecule has 0 aromatic carbocycles. The second-order valence-electron chi connectivity index (χ2n) is 1.68.